The van der Waals surface area contributed by atoms with Crippen molar-refractivity contribution in [1.82, 2.24) is 9.78 Å². The molecule has 6 heteroatoms. The highest BCUT2D eigenvalue weighted by Crippen LogP contribution is 2.36. The lowest BCUT2D eigenvalue weighted by molar-refractivity contribution is 0.00578. The monoisotopic (exact) mass is 356 g/mol. The first kappa shape index (κ1) is 19.1. The van der Waals surface area contributed by atoms with Gasteiger partial charge in [-0.25, -0.2) is 0 Å². The number of rotatable bonds is 7. The summed E-state index contributed by atoms with van der Waals surface area (Å²) in [5, 5.41) is 4.51. The molecule has 1 fully saturated rings. The maximum Gasteiger partial charge on any atom is 0.498 e. The Hall–Kier alpha value is -1.63. The Morgan fingerprint density at radius 1 is 1.08 bits per heavy atom. The van der Waals surface area contributed by atoms with Gasteiger partial charge in [-0.2, -0.15) is 5.10 Å². The van der Waals surface area contributed by atoms with Crippen LogP contribution in [0.3, 0.4) is 0 Å². The lowest BCUT2D eigenvalue weighted by Gasteiger charge is -2.32. The summed E-state index contributed by atoms with van der Waals surface area (Å²) in [5.74, 6) is 0. The van der Waals surface area contributed by atoms with Crippen LogP contribution in [0.25, 0.3) is 0 Å². The molecule has 1 saturated heterocycles. The lowest BCUT2D eigenvalue weighted by atomic mass is 9.79. The quantitative estimate of drug-likeness (QED) is 0.565. The molecule has 0 saturated carbocycles. The number of benzene rings is 1. The van der Waals surface area contributed by atoms with Crippen LogP contribution in [0.5, 0.6) is 0 Å². The zero-order valence-corrected chi connectivity index (χ0v) is 16.5. The van der Waals surface area contributed by atoms with Gasteiger partial charge < -0.3 is 14.0 Å². The van der Waals surface area contributed by atoms with E-state index in [0.29, 0.717) is 13.2 Å². The van der Waals surface area contributed by atoms with Crippen molar-refractivity contribution in [1.29, 1.82) is 0 Å². The van der Waals surface area contributed by atoms with E-state index in [2.05, 4.69) is 51.9 Å². The zero-order chi connectivity index (χ0) is 18.8. The minimum Gasteiger partial charge on any atom is -0.399 e. The molecule has 3 rings (SSSR count). The Kier molecular flexibility index (Phi) is 5.56. The highest BCUT2D eigenvalue weighted by atomic mass is 16.7. The third kappa shape index (κ3) is 4.03. The van der Waals surface area contributed by atoms with E-state index in [0.717, 1.165) is 24.1 Å². The van der Waals surface area contributed by atoms with E-state index < -0.39 is 0 Å². The molecule has 0 aliphatic carbocycles. The van der Waals surface area contributed by atoms with Crippen LogP contribution in [0.15, 0.2) is 36.5 Å². The van der Waals surface area contributed by atoms with Crippen LogP contribution in [0.4, 0.5) is 0 Å². The van der Waals surface area contributed by atoms with Gasteiger partial charge in [0.2, 0.25) is 0 Å². The summed E-state index contributed by atoms with van der Waals surface area (Å²) in [5.41, 5.74) is 2.63. The molecule has 0 radical (unpaired) electrons. The van der Waals surface area contributed by atoms with E-state index >= 15 is 0 Å². The lowest BCUT2D eigenvalue weighted by Crippen LogP contribution is -2.41. The summed E-state index contributed by atoms with van der Waals surface area (Å²) in [4.78, 5) is 0. The molecule has 2 heterocycles. The normalized spacial score (nSPS) is 18.4. The molecule has 140 valence electrons. The molecule has 1 aromatic carbocycles. The van der Waals surface area contributed by atoms with Crippen molar-refractivity contribution in [2.45, 2.75) is 65.4 Å². The average Bonchev–Trinajstić information content (AvgIpc) is 3.05. The van der Waals surface area contributed by atoms with Gasteiger partial charge in [-0.15, -0.1) is 0 Å². The smallest absolute Gasteiger partial charge is 0.399 e. The highest BCUT2D eigenvalue weighted by Gasteiger charge is 2.52. The Labute approximate surface area is 156 Å². The van der Waals surface area contributed by atoms with E-state index in [4.69, 9.17) is 14.0 Å². The number of hydrogen-bond donors (Lipinski definition) is 0. The average molecular weight is 356 g/mol. The molecule has 1 aliphatic rings. The maximum absolute atomic E-state index is 6.14. The SMILES string of the molecule is Cc1c(B2OC(C)(C)C(C)(C)O2)cnn1CCCOCc1ccccc1. The summed E-state index contributed by atoms with van der Waals surface area (Å²) in [6.07, 6.45) is 2.78. The van der Waals surface area contributed by atoms with Crippen LogP contribution in [-0.2, 0) is 27.2 Å². The Balaban J connectivity index is 1.50. The highest BCUT2D eigenvalue weighted by molar-refractivity contribution is 6.62. The van der Waals surface area contributed by atoms with Crippen LogP contribution in [0, 0.1) is 6.92 Å². The van der Waals surface area contributed by atoms with Crippen molar-refractivity contribution in [2.24, 2.45) is 0 Å². The molecule has 0 spiro atoms. The summed E-state index contributed by atoms with van der Waals surface area (Å²) in [6, 6.07) is 10.2. The fourth-order valence-corrected chi connectivity index (χ4v) is 2.97. The van der Waals surface area contributed by atoms with Gasteiger partial charge in [-0.3, -0.25) is 4.68 Å². The standard InChI is InChI=1S/C20H29BN2O3/c1-16-18(21-25-19(2,3)20(4,5)26-21)14-22-23(16)12-9-13-24-15-17-10-7-6-8-11-17/h6-8,10-11,14H,9,12-13,15H2,1-5H3. The van der Waals surface area contributed by atoms with E-state index in [1.807, 2.05) is 29.1 Å². The second-order valence-electron chi connectivity index (χ2n) is 7.89. The van der Waals surface area contributed by atoms with Crippen molar-refractivity contribution < 1.29 is 14.0 Å². The molecule has 0 unspecified atom stereocenters. The molecule has 1 aromatic heterocycles. The number of ether oxygens (including phenoxy) is 1. The van der Waals surface area contributed by atoms with Crippen LogP contribution in [0.2, 0.25) is 0 Å². The van der Waals surface area contributed by atoms with Crippen LogP contribution >= 0.6 is 0 Å². The molecular weight excluding hydrogens is 327 g/mol. The topological polar surface area (TPSA) is 45.5 Å². The van der Waals surface area contributed by atoms with Crippen LogP contribution in [-0.4, -0.2) is 34.7 Å². The van der Waals surface area contributed by atoms with E-state index in [-0.39, 0.29) is 18.3 Å². The minimum absolute atomic E-state index is 0.336. The second kappa shape index (κ2) is 7.55. The molecule has 1 aliphatic heterocycles. The number of aryl methyl sites for hydroxylation is 1. The van der Waals surface area contributed by atoms with Crippen LogP contribution < -0.4 is 5.46 Å². The molecule has 2 aromatic rings. The Morgan fingerprint density at radius 3 is 2.38 bits per heavy atom. The minimum atomic E-state index is -0.358. The van der Waals surface area contributed by atoms with Gasteiger partial charge in [-0.05, 0) is 46.6 Å². The first-order valence-corrected chi connectivity index (χ1v) is 9.30. The number of aromatic nitrogens is 2. The molecule has 26 heavy (non-hydrogen) atoms. The van der Waals surface area contributed by atoms with E-state index in [9.17, 15) is 0 Å². The van der Waals surface area contributed by atoms with Crippen molar-refractivity contribution in [2.75, 3.05) is 6.61 Å². The summed E-state index contributed by atoms with van der Waals surface area (Å²) in [7, 11) is -0.358. The molecule has 0 atom stereocenters. The third-order valence-corrected chi connectivity index (χ3v) is 5.42. The van der Waals surface area contributed by atoms with E-state index in [1.165, 1.54) is 5.56 Å². The number of nitrogens with zero attached hydrogens (tertiary/aromatic N) is 2. The summed E-state index contributed by atoms with van der Waals surface area (Å²) in [6.45, 7) is 12.5. The predicted molar refractivity (Wildman–Crippen MR) is 103 cm³/mol. The molecule has 0 bridgehead atoms. The van der Waals surface area contributed by atoms with Crippen molar-refractivity contribution in [3.8, 4) is 0 Å². The first-order valence-electron chi connectivity index (χ1n) is 9.30. The van der Waals surface area contributed by atoms with Gasteiger partial charge in [-0.1, -0.05) is 30.3 Å². The van der Waals surface area contributed by atoms with Crippen molar-refractivity contribution >= 4 is 12.6 Å². The number of hydrogen-bond acceptors (Lipinski definition) is 4. The van der Waals surface area contributed by atoms with E-state index in [1.54, 1.807) is 0 Å². The summed E-state index contributed by atoms with van der Waals surface area (Å²) >= 11 is 0. The van der Waals surface area contributed by atoms with Gasteiger partial charge in [0.15, 0.2) is 0 Å². The van der Waals surface area contributed by atoms with Crippen molar-refractivity contribution in [3.63, 3.8) is 0 Å². The third-order valence-electron chi connectivity index (χ3n) is 5.42. The van der Waals surface area contributed by atoms with Crippen LogP contribution in [0.1, 0.15) is 45.4 Å². The fraction of sp³-hybridized carbons (Fsp3) is 0.550. The second-order valence-corrected chi connectivity index (χ2v) is 7.89. The van der Waals surface area contributed by atoms with Gasteiger partial charge in [0.1, 0.15) is 0 Å². The first-order chi connectivity index (χ1) is 12.3. The molecule has 0 amide bonds. The van der Waals surface area contributed by atoms with Gasteiger partial charge in [0.05, 0.1) is 17.8 Å². The predicted octanol–water partition coefficient (Wildman–Crippen LogP) is 3.10. The molecule has 0 N–H and O–H groups in total. The Bertz CT molecular complexity index is 712. The Morgan fingerprint density at radius 2 is 1.73 bits per heavy atom. The summed E-state index contributed by atoms with van der Waals surface area (Å²) < 4.78 is 20.0. The fourth-order valence-electron chi connectivity index (χ4n) is 2.97. The largest absolute Gasteiger partial charge is 0.498 e. The maximum atomic E-state index is 6.14. The molecule has 5 nitrogen and oxygen atoms in total. The van der Waals surface area contributed by atoms with Gasteiger partial charge >= 0.3 is 7.12 Å². The molecular formula is C20H29BN2O3. The van der Waals surface area contributed by atoms with Crippen molar-refractivity contribution in [3.05, 3.63) is 47.8 Å². The zero-order valence-electron chi connectivity index (χ0n) is 16.5. The van der Waals surface area contributed by atoms with Gasteiger partial charge in [0.25, 0.3) is 0 Å². The van der Waals surface area contributed by atoms with Gasteiger partial charge in [0, 0.05) is 30.5 Å².